The first kappa shape index (κ1) is 15.8. The summed E-state index contributed by atoms with van der Waals surface area (Å²) < 4.78 is 19.3. The van der Waals surface area contributed by atoms with Gasteiger partial charge in [0.15, 0.2) is 0 Å². The van der Waals surface area contributed by atoms with E-state index in [9.17, 15) is 4.39 Å². The van der Waals surface area contributed by atoms with E-state index in [1.165, 1.54) is 0 Å². The van der Waals surface area contributed by atoms with Gasteiger partial charge in [-0.1, -0.05) is 36.7 Å². The molecule has 1 N–H and O–H groups in total. The van der Waals surface area contributed by atoms with E-state index in [4.69, 9.17) is 16.3 Å². The molecule has 2 nitrogen and oxygen atoms in total. The summed E-state index contributed by atoms with van der Waals surface area (Å²) in [4.78, 5) is 0. The number of hydrogen-bond acceptors (Lipinski definition) is 2. The topological polar surface area (TPSA) is 21.3 Å². The predicted molar refractivity (Wildman–Crippen MR) is 84.7 cm³/mol. The summed E-state index contributed by atoms with van der Waals surface area (Å²) in [6.07, 6.45) is 0. The molecule has 0 saturated carbocycles. The maximum Gasteiger partial charge on any atom is 0.126 e. The molecule has 0 heterocycles. The minimum atomic E-state index is -0.205. The van der Waals surface area contributed by atoms with Crippen LogP contribution in [-0.4, -0.2) is 13.7 Å². The van der Waals surface area contributed by atoms with E-state index in [0.29, 0.717) is 16.3 Å². The zero-order chi connectivity index (χ0) is 15.4. The van der Waals surface area contributed by atoms with Gasteiger partial charge in [0.05, 0.1) is 13.2 Å². The number of hydrogen-bond donors (Lipinski definition) is 1. The van der Waals surface area contributed by atoms with Gasteiger partial charge in [0.1, 0.15) is 11.6 Å². The minimum Gasteiger partial charge on any atom is -0.496 e. The van der Waals surface area contributed by atoms with Gasteiger partial charge in [0.2, 0.25) is 0 Å². The third kappa shape index (κ3) is 3.55. The van der Waals surface area contributed by atoms with Crippen LogP contribution in [0, 0.1) is 12.7 Å². The molecule has 0 spiro atoms. The second kappa shape index (κ2) is 6.92. The molecule has 0 saturated heterocycles. The summed E-state index contributed by atoms with van der Waals surface area (Å²) in [6, 6.07) is 10.6. The second-order valence-electron chi connectivity index (χ2n) is 4.89. The molecule has 2 aromatic carbocycles. The fraction of sp³-hybridized carbons (Fsp3) is 0.294. The van der Waals surface area contributed by atoms with Crippen LogP contribution < -0.4 is 10.1 Å². The molecule has 0 aliphatic carbocycles. The third-order valence-electron chi connectivity index (χ3n) is 3.44. The standard InChI is InChI=1S/C17H19ClFNO/c1-4-20-17(12-6-5-11(2)15(19)9-12)14-8-7-13(18)10-16(14)21-3/h5-10,17,20H,4H2,1-3H3. The largest absolute Gasteiger partial charge is 0.496 e. The fourth-order valence-corrected chi connectivity index (χ4v) is 2.49. The zero-order valence-electron chi connectivity index (χ0n) is 12.4. The van der Waals surface area contributed by atoms with Gasteiger partial charge >= 0.3 is 0 Å². The first-order valence-electron chi connectivity index (χ1n) is 6.89. The van der Waals surface area contributed by atoms with Crippen LogP contribution in [0.2, 0.25) is 5.02 Å². The van der Waals surface area contributed by atoms with Gasteiger partial charge in [-0.2, -0.15) is 0 Å². The van der Waals surface area contributed by atoms with Crippen molar-refractivity contribution in [2.75, 3.05) is 13.7 Å². The molecule has 2 rings (SSSR count). The fourth-order valence-electron chi connectivity index (χ4n) is 2.32. The smallest absolute Gasteiger partial charge is 0.126 e. The second-order valence-corrected chi connectivity index (χ2v) is 5.32. The van der Waals surface area contributed by atoms with Crippen LogP contribution in [0.4, 0.5) is 4.39 Å². The number of ether oxygens (including phenoxy) is 1. The summed E-state index contributed by atoms with van der Waals surface area (Å²) in [5.41, 5.74) is 2.43. The lowest BCUT2D eigenvalue weighted by Crippen LogP contribution is -2.22. The number of nitrogens with one attached hydrogen (secondary N) is 1. The molecule has 0 aliphatic heterocycles. The third-order valence-corrected chi connectivity index (χ3v) is 3.68. The van der Waals surface area contributed by atoms with Gasteiger partial charge in [-0.3, -0.25) is 0 Å². The zero-order valence-corrected chi connectivity index (χ0v) is 13.2. The van der Waals surface area contributed by atoms with Gasteiger partial charge in [-0.15, -0.1) is 0 Å². The Morgan fingerprint density at radius 1 is 1.24 bits per heavy atom. The van der Waals surface area contributed by atoms with Crippen LogP contribution in [-0.2, 0) is 0 Å². The van der Waals surface area contributed by atoms with Crippen LogP contribution in [0.3, 0.4) is 0 Å². The van der Waals surface area contributed by atoms with E-state index in [0.717, 1.165) is 17.7 Å². The van der Waals surface area contributed by atoms with Crippen molar-refractivity contribution in [1.82, 2.24) is 5.32 Å². The lowest BCUT2D eigenvalue weighted by atomic mass is 9.96. The molecule has 0 amide bonds. The Kier molecular flexibility index (Phi) is 5.21. The summed E-state index contributed by atoms with van der Waals surface area (Å²) in [5, 5.41) is 3.98. The van der Waals surface area contributed by atoms with E-state index >= 15 is 0 Å². The van der Waals surface area contributed by atoms with E-state index in [1.807, 2.05) is 25.1 Å². The van der Waals surface area contributed by atoms with Crippen LogP contribution in [0.25, 0.3) is 0 Å². The van der Waals surface area contributed by atoms with Crippen molar-refractivity contribution in [3.8, 4) is 5.75 Å². The van der Waals surface area contributed by atoms with Crippen molar-refractivity contribution in [2.45, 2.75) is 19.9 Å². The Hall–Kier alpha value is -1.58. The van der Waals surface area contributed by atoms with Crippen molar-refractivity contribution in [2.24, 2.45) is 0 Å². The maximum atomic E-state index is 13.9. The molecule has 0 aliphatic rings. The van der Waals surface area contributed by atoms with Gasteiger partial charge in [0, 0.05) is 10.6 Å². The van der Waals surface area contributed by atoms with Gasteiger partial charge in [0.25, 0.3) is 0 Å². The van der Waals surface area contributed by atoms with Crippen molar-refractivity contribution in [1.29, 1.82) is 0 Å². The molecule has 112 valence electrons. The average molecular weight is 308 g/mol. The summed E-state index contributed by atoms with van der Waals surface area (Å²) in [7, 11) is 1.61. The molecule has 0 radical (unpaired) electrons. The number of aryl methyl sites for hydroxylation is 1. The molecule has 2 aromatic rings. The highest BCUT2D eigenvalue weighted by Crippen LogP contribution is 2.32. The van der Waals surface area contributed by atoms with E-state index in [2.05, 4.69) is 5.32 Å². The number of methoxy groups -OCH3 is 1. The van der Waals surface area contributed by atoms with Crippen molar-refractivity contribution in [3.63, 3.8) is 0 Å². The molecule has 1 unspecified atom stereocenters. The first-order chi connectivity index (χ1) is 10.1. The van der Waals surface area contributed by atoms with Crippen LogP contribution in [0.5, 0.6) is 5.75 Å². The van der Waals surface area contributed by atoms with Crippen molar-refractivity contribution in [3.05, 3.63) is 63.9 Å². The summed E-state index contributed by atoms with van der Waals surface area (Å²) in [5.74, 6) is 0.484. The molecule has 1 atom stereocenters. The average Bonchev–Trinajstić information content (AvgIpc) is 2.48. The van der Waals surface area contributed by atoms with E-state index < -0.39 is 0 Å². The molecular weight excluding hydrogens is 289 g/mol. The molecule has 0 fully saturated rings. The SMILES string of the molecule is CCNC(c1ccc(C)c(F)c1)c1ccc(Cl)cc1OC. The monoisotopic (exact) mass is 307 g/mol. The van der Waals surface area contributed by atoms with E-state index in [1.54, 1.807) is 32.2 Å². The Labute approximate surface area is 129 Å². The van der Waals surface area contributed by atoms with Gasteiger partial charge in [-0.25, -0.2) is 4.39 Å². The molecule has 4 heteroatoms. The van der Waals surface area contributed by atoms with Crippen LogP contribution in [0.15, 0.2) is 36.4 Å². The summed E-state index contributed by atoms with van der Waals surface area (Å²) in [6.45, 7) is 4.52. The van der Waals surface area contributed by atoms with Gasteiger partial charge in [-0.05, 0) is 42.8 Å². The van der Waals surface area contributed by atoms with E-state index in [-0.39, 0.29) is 11.9 Å². The van der Waals surface area contributed by atoms with Crippen LogP contribution in [0.1, 0.15) is 29.7 Å². The Bertz CT molecular complexity index is 630. The maximum absolute atomic E-state index is 13.9. The van der Waals surface area contributed by atoms with Crippen LogP contribution >= 0.6 is 11.6 Å². The summed E-state index contributed by atoms with van der Waals surface area (Å²) >= 11 is 6.01. The molecule has 0 bridgehead atoms. The lowest BCUT2D eigenvalue weighted by molar-refractivity contribution is 0.404. The molecular formula is C17H19ClFNO. The quantitative estimate of drug-likeness (QED) is 0.878. The minimum absolute atomic E-state index is 0.141. The highest BCUT2D eigenvalue weighted by atomic mass is 35.5. The first-order valence-corrected chi connectivity index (χ1v) is 7.27. The normalized spacial score (nSPS) is 12.2. The van der Waals surface area contributed by atoms with Crippen molar-refractivity contribution < 1.29 is 9.13 Å². The molecule has 21 heavy (non-hydrogen) atoms. The predicted octanol–water partition coefficient (Wildman–Crippen LogP) is 4.50. The highest BCUT2D eigenvalue weighted by Gasteiger charge is 2.18. The number of rotatable bonds is 5. The molecule has 0 aromatic heterocycles. The highest BCUT2D eigenvalue weighted by molar-refractivity contribution is 6.30. The Morgan fingerprint density at radius 2 is 2.00 bits per heavy atom. The number of benzene rings is 2. The Morgan fingerprint density at radius 3 is 2.62 bits per heavy atom. The number of halogens is 2. The van der Waals surface area contributed by atoms with Gasteiger partial charge < -0.3 is 10.1 Å². The Balaban J connectivity index is 2.50. The van der Waals surface area contributed by atoms with Crippen molar-refractivity contribution >= 4 is 11.6 Å². The lowest BCUT2D eigenvalue weighted by Gasteiger charge is -2.22.